The molecular weight excluding hydrogens is 333 g/mol. The van der Waals surface area contributed by atoms with E-state index in [2.05, 4.69) is 5.43 Å². The van der Waals surface area contributed by atoms with Crippen molar-refractivity contribution in [3.8, 4) is 0 Å². The molecule has 2 aliphatic rings. The number of hydrogen-bond donors (Lipinski definition) is 1. The molecule has 1 aromatic carbocycles. The van der Waals surface area contributed by atoms with E-state index in [4.69, 9.17) is 4.74 Å². The molecule has 4 nitrogen and oxygen atoms in total. The van der Waals surface area contributed by atoms with Gasteiger partial charge in [0.05, 0.1) is 6.61 Å². The average Bonchev–Trinajstić information content (AvgIpc) is 2.93. The van der Waals surface area contributed by atoms with Gasteiger partial charge in [0.25, 0.3) is 5.84 Å². The third-order valence-corrected chi connectivity index (χ3v) is 4.25. The Labute approximate surface area is 135 Å². The van der Waals surface area contributed by atoms with Crippen molar-refractivity contribution in [2.75, 3.05) is 24.9 Å². The van der Waals surface area contributed by atoms with Crippen molar-refractivity contribution in [3.05, 3.63) is 29.1 Å². The Morgan fingerprint density at radius 1 is 1.00 bits per heavy atom. The number of amidine groups is 1. The summed E-state index contributed by atoms with van der Waals surface area (Å²) in [5.41, 5.74) is 1.47. The van der Waals surface area contributed by atoms with E-state index >= 15 is 0 Å². The molecular formula is C15H17F5N3O+. The highest BCUT2D eigenvalue weighted by Crippen LogP contribution is 2.32. The number of hydrazine groups is 1. The Morgan fingerprint density at radius 2 is 1.54 bits per heavy atom. The van der Waals surface area contributed by atoms with Crippen molar-refractivity contribution in [1.29, 1.82) is 0 Å². The molecule has 9 heteroatoms. The monoisotopic (exact) mass is 350 g/mol. The minimum absolute atomic E-state index is 0.0566. The van der Waals surface area contributed by atoms with E-state index < -0.39 is 34.8 Å². The summed E-state index contributed by atoms with van der Waals surface area (Å²) in [6, 6.07) is -0.111. The van der Waals surface area contributed by atoms with Gasteiger partial charge >= 0.3 is 0 Å². The molecule has 3 rings (SSSR count). The van der Waals surface area contributed by atoms with Gasteiger partial charge in [-0.3, -0.25) is 0 Å². The van der Waals surface area contributed by atoms with Crippen LogP contribution in [0.1, 0.15) is 20.8 Å². The number of halogens is 5. The molecule has 0 radical (unpaired) electrons. The number of hydrogen-bond acceptors (Lipinski definition) is 3. The predicted molar refractivity (Wildman–Crippen MR) is 76.0 cm³/mol. The molecule has 1 aromatic rings. The molecule has 0 bridgehead atoms. The molecule has 1 N–H and O–H groups in total. The minimum atomic E-state index is -2.17. The van der Waals surface area contributed by atoms with Crippen LogP contribution in [0, 0.1) is 34.5 Å². The van der Waals surface area contributed by atoms with Crippen molar-refractivity contribution in [2.24, 2.45) is 5.41 Å². The van der Waals surface area contributed by atoms with Gasteiger partial charge in [-0.2, -0.15) is 10.4 Å². The first-order valence-electron chi connectivity index (χ1n) is 7.38. The molecule has 0 aromatic heterocycles. The van der Waals surface area contributed by atoms with Crippen molar-refractivity contribution in [1.82, 2.24) is 5.43 Å². The smallest absolute Gasteiger partial charge is 0.296 e. The first kappa shape index (κ1) is 16.9. The van der Waals surface area contributed by atoms with Crippen molar-refractivity contribution < 1.29 is 31.3 Å². The zero-order valence-electron chi connectivity index (χ0n) is 13.4. The fourth-order valence-electron chi connectivity index (χ4n) is 2.93. The zero-order chi connectivity index (χ0) is 17.8. The fourth-order valence-corrected chi connectivity index (χ4v) is 2.93. The van der Waals surface area contributed by atoms with Gasteiger partial charge in [0.2, 0.25) is 5.82 Å². The Kier molecular flexibility index (Phi) is 3.94. The van der Waals surface area contributed by atoms with Gasteiger partial charge in [-0.25, -0.2) is 26.5 Å². The first-order valence-corrected chi connectivity index (χ1v) is 7.38. The lowest BCUT2D eigenvalue weighted by molar-refractivity contribution is -0.585. The summed E-state index contributed by atoms with van der Waals surface area (Å²) in [5, 5.41) is 0.916. The maximum absolute atomic E-state index is 14.0. The summed E-state index contributed by atoms with van der Waals surface area (Å²) < 4.78 is 75.4. The van der Waals surface area contributed by atoms with Gasteiger partial charge in [0, 0.05) is 5.41 Å². The van der Waals surface area contributed by atoms with E-state index in [0.29, 0.717) is 12.4 Å². The van der Waals surface area contributed by atoms with E-state index in [9.17, 15) is 22.0 Å². The number of nitrogens with zero attached hydrogens (tertiary/aromatic N) is 2. The van der Waals surface area contributed by atoms with E-state index in [0.717, 1.165) is 5.01 Å². The summed E-state index contributed by atoms with van der Waals surface area (Å²) in [6.07, 6.45) is 0. The molecule has 132 valence electrons. The minimum Gasteiger partial charge on any atom is -0.364 e. The standard InChI is InChI=1S/C15H16F5N3O/c1-15(2,3)7-4-24-5-8-21-23(6-22(7)8)14-12(19)10(17)9(16)11(18)13(14)20/h7H,4-6H2,1-3H3/p+1. The summed E-state index contributed by atoms with van der Waals surface area (Å²) in [7, 11) is 0. The number of rotatable bonds is 1. The molecule has 0 aliphatic carbocycles. The number of ether oxygens (including phenoxy) is 1. The number of benzene rings is 1. The van der Waals surface area contributed by atoms with Crippen molar-refractivity contribution in [3.63, 3.8) is 0 Å². The van der Waals surface area contributed by atoms with Gasteiger partial charge in [0.1, 0.15) is 12.6 Å². The van der Waals surface area contributed by atoms with Crippen LogP contribution in [0.25, 0.3) is 0 Å². The molecule has 24 heavy (non-hydrogen) atoms. The second-order valence-electron chi connectivity index (χ2n) is 6.91. The van der Waals surface area contributed by atoms with E-state index in [-0.39, 0.29) is 24.7 Å². The third kappa shape index (κ3) is 2.51. The highest BCUT2D eigenvalue weighted by atomic mass is 19.2. The summed E-state index contributed by atoms with van der Waals surface area (Å²) in [4.78, 5) is 0. The lowest BCUT2D eigenvalue weighted by atomic mass is 9.86. The maximum Gasteiger partial charge on any atom is 0.296 e. The predicted octanol–water partition coefficient (Wildman–Crippen LogP) is 2.52. The van der Waals surface area contributed by atoms with Crippen LogP contribution in [0.15, 0.2) is 0 Å². The molecule has 0 saturated heterocycles. The van der Waals surface area contributed by atoms with Crippen LogP contribution in [0.2, 0.25) is 0 Å². The lowest BCUT2D eigenvalue weighted by Gasteiger charge is -2.31. The lowest BCUT2D eigenvalue weighted by Crippen LogP contribution is -2.48. The van der Waals surface area contributed by atoms with Crippen molar-refractivity contribution >= 4 is 11.5 Å². The molecule has 0 saturated carbocycles. The quantitative estimate of drug-likeness (QED) is 0.365. The summed E-state index contributed by atoms with van der Waals surface area (Å²) in [6.45, 7) is 6.44. The zero-order valence-corrected chi connectivity index (χ0v) is 13.4. The molecule has 1 atom stereocenters. The van der Waals surface area contributed by atoms with Crippen LogP contribution in [-0.4, -0.2) is 36.3 Å². The Hall–Kier alpha value is -1.90. The highest BCUT2D eigenvalue weighted by Gasteiger charge is 2.44. The van der Waals surface area contributed by atoms with E-state index in [1.807, 2.05) is 25.3 Å². The molecule has 1 unspecified atom stereocenters. The van der Waals surface area contributed by atoms with Crippen LogP contribution in [0.4, 0.5) is 27.6 Å². The molecule has 2 aliphatic heterocycles. The Balaban J connectivity index is 1.99. The normalized spacial score (nSPS) is 21.2. The maximum atomic E-state index is 14.0. The van der Waals surface area contributed by atoms with E-state index in [1.165, 1.54) is 0 Å². The second kappa shape index (κ2) is 5.58. The van der Waals surface area contributed by atoms with Gasteiger partial charge < -0.3 is 4.74 Å². The van der Waals surface area contributed by atoms with Crippen LogP contribution >= 0.6 is 0 Å². The van der Waals surface area contributed by atoms with Crippen LogP contribution in [-0.2, 0) is 4.74 Å². The summed E-state index contributed by atoms with van der Waals surface area (Å²) >= 11 is 0. The van der Waals surface area contributed by atoms with Gasteiger partial charge in [-0.05, 0) is 0 Å². The van der Waals surface area contributed by atoms with Crippen LogP contribution in [0.5, 0.6) is 0 Å². The van der Waals surface area contributed by atoms with Crippen molar-refractivity contribution in [2.45, 2.75) is 26.8 Å². The number of nitrogens with one attached hydrogen (secondary N) is 1. The molecule has 0 fully saturated rings. The largest absolute Gasteiger partial charge is 0.364 e. The van der Waals surface area contributed by atoms with Gasteiger partial charge in [-0.1, -0.05) is 20.8 Å². The second-order valence-corrected chi connectivity index (χ2v) is 6.91. The molecule has 2 heterocycles. The van der Waals surface area contributed by atoms with E-state index in [1.54, 1.807) is 0 Å². The Morgan fingerprint density at radius 3 is 2.08 bits per heavy atom. The summed E-state index contributed by atoms with van der Waals surface area (Å²) in [5.74, 6) is -9.33. The SMILES string of the molecule is CC(C)(C)C1COCC2=[N+]1CN(c1c(F)c(F)c(F)c(F)c1F)N2. The molecule has 0 amide bonds. The average molecular weight is 350 g/mol. The van der Waals surface area contributed by atoms with Gasteiger partial charge in [0.15, 0.2) is 35.6 Å². The first-order chi connectivity index (χ1) is 11.1. The Bertz CT molecular complexity index is 700. The topological polar surface area (TPSA) is 27.5 Å². The van der Waals surface area contributed by atoms with Crippen LogP contribution in [0.3, 0.4) is 0 Å². The fraction of sp³-hybridized carbons (Fsp3) is 0.533. The van der Waals surface area contributed by atoms with Gasteiger partial charge in [-0.15, -0.1) is 0 Å². The third-order valence-electron chi connectivity index (χ3n) is 4.25. The highest BCUT2D eigenvalue weighted by molar-refractivity contribution is 5.82. The number of anilines is 1. The molecule has 0 spiro atoms. The van der Waals surface area contributed by atoms with Crippen LogP contribution < -0.4 is 10.4 Å².